The quantitative estimate of drug-likeness (QED) is 0.623. The first-order valence-corrected chi connectivity index (χ1v) is 7.13. The van der Waals surface area contributed by atoms with E-state index >= 15 is 0 Å². The van der Waals surface area contributed by atoms with Crippen LogP contribution < -0.4 is 0 Å². The van der Waals surface area contributed by atoms with Crippen molar-refractivity contribution in [3.63, 3.8) is 0 Å². The summed E-state index contributed by atoms with van der Waals surface area (Å²) in [5.74, 6) is 0. The number of halogens is 1. The van der Waals surface area contributed by atoms with Crippen LogP contribution in [-0.2, 0) is 0 Å². The maximum atomic E-state index is 4.61. The van der Waals surface area contributed by atoms with Gasteiger partial charge in [-0.15, -0.1) is 0 Å². The zero-order valence-corrected chi connectivity index (χ0v) is 12.4. The van der Waals surface area contributed by atoms with Gasteiger partial charge in [0.15, 0.2) is 0 Å². The fourth-order valence-electron chi connectivity index (χ4n) is 1.80. The molecule has 0 aliphatic heterocycles. The van der Waals surface area contributed by atoms with E-state index in [-0.39, 0.29) is 0 Å². The van der Waals surface area contributed by atoms with Crippen LogP contribution >= 0.6 is 33.9 Å². The van der Waals surface area contributed by atoms with Gasteiger partial charge in [0.05, 0.1) is 15.9 Å². The summed E-state index contributed by atoms with van der Waals surface area (Å²) in [5, 5.41) is 5.40. The van der Waals surface area contributed by atoms with Crippen LogP contribution in [0.4, 0.5) is 0 Å². The van der Waals surface area contributed by atoms with Gasteiger partial charge in [-0.25, -0.2) is 9.67 Å². The highest BCUT2D eigenvalue weighted by Crippen LogP contribution is 2.26. The summed E-state index contributed by atoms with van der Waals surface area (Å²) >= 11 is 4.00. The Morgan fingerprint density at radius 3 is 2.76 bits per heavy atom. The average molecular weight is 355 g/mol. The Bertz CT molecular complexity index is 699. The van der Waals surface area contributed by atoms with Crippen LogP contribution in [0.3, 0.4) is 0 Å². The van der Waals surface area contributed by atoms with E-state index in [1.165, 1.54) is 8.27 Å². The van der Waals surface area contributed by atoms with Crippen LogP contribution in [0, 0.1) is 17.4 Å². The predicted molar refractivity (Wildman–Crippen MR) is 78.9 cm³/mol. The molecule has 86 valence electrons. The predicted octanol–water partition coefficient (Wildman–Crippen LogP) is 3.70. The zero-order chi connectivity index (χ0) is 12.0. The van der Waals surface area contributed by atoms with Crippen LogP contribution in [0.5, 0.6) is 0 Å². The van der Waals surface area contributed by atoms with Gasteiger partial charge in [-0.05, 0) is 60.7 Å². The molecule has 3 nitrogen and oxygen atoms in total. The Morgan fingerprint density at radius 2 is 2.06 bits per heavy atom. The molecule has 0 N–H and O–H groups in total. The third-order valence-electron chi connectivity index (χ3n) is 2.53. The minimum atomic E-state index is 0.938. The molecule has 1 aromatic carbocycles. The summed E-state index contributed by atoms with van der Waals surface area (Å²) in [6.07, 6.45) is 0. The molecule has 5 heteroatoms. The third-order valence-corrected chi connectivity index (χ3v) is 4.19. The van der Waals surface area contributed by atoms with Crippen molar-refractivity contribution in [3.8, 4) is 5.13 Å². The minimum Gasteiger partial charge on any atom is -0.218 e. The number of aryl methyl sites for hydroxylation is 2. The van der Waals surface area contributed by atoms with E-state index in [1.807, 2.05) is 11.6 Å². The molecule has 0 unspecified atom stereocenters. The first-order chi connectivity index (χ1) is 8.13. The lowest BCUT2D eigenvalue weighted by atomic mass is 10.3. The smallest absolute Gasteiger partial charge is 0.211 e. The van der Waals surface area contributed by atoms with E-state index in [4.69, 9.17) is 0 Å². The third kappa shape index (κ3) is 1.97. The maximum Gasteiger partial charge on any atom is 0.211 e. The Morgan fingerprint density at radius 1 is 1.24 bits per heavy atom. The van der Waals surface area contributed by atoms with Crippen molar-refractivity contribution >= 4 is 44.1 Å². The first kappa shape index (κ1) is 11.2. The SMILES string of the molecule is Cc1cc(C)n(-c2nc3ccc(I)cc3s2)n1. The summed E-state index contributed by atoms with van der Waals surface area (Å²) < 4.78 is 4.35. The maximum absolute atomic E-state index is 4.61. The second kappa shape index (κ2) is 4.06. The van der Waals surface area contributed by atoms with Crippen LogP contribution in [0.2, 0.25) is 0 Å². The molecule has 0 aliphatic carbocycles. The number of fused-ring (bicyclic) bond motifs is 1. The lowest BCUT2D eigenvalue weighted by Gasteiger charge is -1.96. The summed E-state index contributed by atoms with van der Waals surface area (Å²) in [6.45, 7) is 4.05. The van der Waals surface area contributed by atoms with Gasteiger partial charge in [0, 0.05) is 9.26 Å². The molecule has 0 saturated carbocycles. The number of hydrogen-bond donors (Lipinski definition) is 0. The molecular formula is C12H10IN3S. The standard InChI is InChI=1S/C12H10IN3S/c1-7-5-8(2)16(15-7)12-14-10-4-3-9(13)6-11(10)17-12/h3-6H,1-2H3. The highest BCUT2D eigenvalue weighted by atomic mass is 127. The monoisotopic (exact) mass is 355 g/mol. The molecule has 0 aliphatic rings. The van der Waals surface area contributed by atoms with Gasteiger partial charge in [0.25, 0.3) is 0 Å². The molecular weight excluding hydrogens is 345 g/mol. The molecule has 0 radical (unpaired) electrons. The van der Waals surface area contributed by atoms with E-state index in [0.29, 0.717) is 0 Å². The number of thiazole rings is 1. The molecule has 2 aromatic heterocycles. The molecule has 17 heavy (non-hydrogen) atoms. The van der Waals surface area contributed by atoms with Crippen LogP contribution in [-0.4, -0.2) is 14.8 Å². The van der Waals surface area contributed by atoms with Crippen molar-refractivity contribution in [2.24, 2.45) is 0 Å². The van der Waals surface area contributed by atoms with Crippen LogP contribution in [0.1, 0.15) is 11.4 Å². The van der Waals surface area contributed by atoms with Gasteiger partial charge >= 0.3 is 0 Å². The second-order valence-electron chi connectivity index (χ2n) is 3.95. The largest absolute Gasteiger partial charge is 0.218 e. The van der Waals surface area contributed by atoms with Crippen molar-refractivity contribution in [2.75, 3.05) is 0 Å². The fraction of sp³-hybridized carbons (Fsp3) is 0.167. The minimum absolute atomic E-state index is 0.938. The van der Waals surface area contributed by atoms with Crippen molar-refractivity contribution < 1.29 is 0 Å². The molecule has 0 spiro atoms. The van der Waals surface area contributed by atoms with E-state index < -0.39 is 0 Å². The lowest BCUT2D eigenvalue weighted by Crippen LogP contribution is -1.97. The average Bonchev–Trinajstić information content (AvgIpc) is 2.80. The normalized spacial score (nSPS) is 11.2. The number of nitrogens with zero attached hydrogens (tertiary/aromatic N) is 3. The summed E-state index contributed by atoms with van der Waals surface area (Å²) in [7, 11) is 0. The Balaban J connectivity index is 2.21. The fourth-order valence-corrected chi connectivity index (χ4v) is 3.52. The zero-order valence-electron chi connectivity index (χ0n) is 9.44. The first-order valence-electron chi connectivity index (χ1n) is 5.23. The Hall–Kier alpha value is -0.950. The van der Waals surface area contributed by atoms with E-state index in [2.05, 4.69) is 63.9 Å². The van der Waals surface area contributed by atoms with Gasteiger partial charge in [0.1, 0.15) is 0 Å². The number of benzene rings is 1. The Kier molecular flexibility index (Phi) is 2.67. The number of aromatic nitrogens is 3. The van der Waals surface area contributed by atoms with Gasteiger partial charge in [-0.2, -0.15) is 5.10 Å². The van der Waals surface area contributed by atoms with Crippen molar-refractivity contribution in [1.29, 1.82) is 0 Å². The van der Waals surface area contributed by atoms with E-state index in [9.17, 15) is 0 Å². The Labute approximate surface area is 117 Å². The van der Waals surface area contributed by atoms with Gasteiger partial charge in [-0.1, -0.05) is 11.3 Å². The lowest BCUT2D eigenvalue weighted by molar-refractivity contribution is 0.828. The highest BCUT2D eigenvalue weighted by molar-refractivity contribution is 14.1. The van der Waals surface area contributed by atoms with Crippen molar-refractivity contribution in [1.82, 2.24) is 14.8 Å². The number of hydrogen-bond acceptors (Lipinski definition) is 3. The summed E-state index contributed by atoms with van der Waals surface area (Å²) in [5.41, 5.74) is 3.19. The number of rotatable bonds is 1. The molecule has 3 aromatic rings. The van der Waals surface area contributed by atoms with Gasteiger partial charge in [0.2, 0.25) is 5.13 Å². The van der Waals surface area contributed by atoms with Crippen molar-refractivity contribution in [2.45, 2.75) is 13.8 Å². The van der Waals surface area contributed by atoms with E-state index in [0.717, 1.165) is 22.0 Å². The van der Waals surface area contributed by atoms with Crippen LogP contribution in [0.15, 0.2) is 24.3 Å². The molecule has 3 rings (SSSR count). The topological polar surface area (TPSA) is 30.7 Å². The van der Waals surface area contributed by atoms with Gasteiger partial charge < -0.3 is 0 Å². The summed E-state index contributed by atoms with van der Waals surface area (Å²) in [4.78, 5) is 4.61. The summed E-state index contributed by atoms with van der Waals surface area (Å²) in [6, 6.07) is 8.36. The molecule has 0 amide bonds. The molecule has 0 fully saturated rings. The molecule has 0 atom stereocenters. The molecule has 0 bridgehead atoms. The second-order valence-corrected chi connectivity index (χ2v) is 6.20. The molecule has 0 saturated heterocycles. The molecule has 2 heterocycles. The van der Waals surface area contributed by atoms with Crippen molar-refractivity contribution in [3.05, 3.63) is 39.2 Å². The van der Waals surface area contributed by atoms with Crippen LogP contribution in [0.25, 0.3) is 15.3 Å². The highest BCUT2D eigenvalue weighted by Gasteiger charge is 2.09. The van der Waals surface area contributed by atoms with Gasteiger partial charge in [-0.3, -0.25) is 0 Å². The van der Waals surface area contributed by atoms with E-state index in [1.54, 1.807) is 11.3 Å².